The van der Waals surface area contributed by atoms with E-state index in [2.05, 4.69) is 0 Å². The molecular weight excluding hydrogens is 315 g/mol. The van der Waals surface area contributed by atoms with Crippen LogP contribution in [0.5, 0.6) is 5.75 Å². The highest BCUT2D eigenvalue weighted by atomic mass is 19.1. The predicted octanol–water partition coefficient (Wildman–Crippen LogP) is 1.11. The summed E-state index contributed by atoms with van der Waals surface area (Å²) in [5, 5.41) is 0. The number of amides is 2. The number of methoxy groups -OCH3 is 1. The summed E-state index contributed by atoms with van der Waals surface area (Å²) in [6, 6.07) is 6.01. The van der Waals surface area contributed by atoms with Gasteiger partial charge in [-0.2, -0.15) is 0 Å². The quantitative estimate of drug-likeness (QED) is 0.830. The van der Waals surface area contributed by atoms with Crippen LogP contribution in [0.1, 0.15) is 16.8 Å². The summed E-state index contributed by atoms with van der Waals surface area (Å²) in [6.07, 6.45) is -1.16. The van der Waals surface area contributed by atoms with Crippen molar-refractivity contribution in [2.24, 2.45) is 0 Å². The Kier molecular flexibility index (Phi) is 4.99. The van der Waals surface area contributed by atoms with Crippen LogP contribution >= 0.6 is 0 Å². The largest absolute Gasteiger partial charge is 0.496 e. The maximum absolute atomic E-state index is 14.0. The van der Waals surface area contributed by atoms with E-state index in [1.807, 2.05) is 0 Å². The average Bonchev–Trinajstić information content (AvgIpc) is 3.03. The molecule has 2 heterocycles. The van der Waals surface area contributed by atoms with E-state index in [0.29, 0.717) is 37.6 Å². The molecule has 0 N–H and O–H groups in total. The summed E-state index contributed by atoms with van der Waals surface area (Å²) in [6.45, 7) is 1.82. The molecule has 3 rings (SSSR count). The van der Waals surface area contributed by atoms with Crippen molar-refractivity contribution in [2.45, 2.75) is 18.6 Å². The second kappa shape index (κ2) is 7.17. The molecule has 130 valence electrons. The van der Waals surface area contributed by atoms with E-state index in [4.69, 9.17) is 9.47 Å². The monoisotopic (exact) mass is 336 g/mol. The number of nitrogens with zero attached hydrogens (tertiary/aromatic N) is 2. The Morgan fingerprint density at radius 3 is 2.67 bits per heavy atom. The van der Waals surface area contributed by atoms with Gasteiger partial charge in [0.25, 0.3) is 5.91 Å². The number of para-hydroxylation sites is 1. The van der Waals surface area contributed by atoms with Gasteiger partial charge in [-0.15, -0.1) is 0 Å². The van der Waals surface area contributed by atoms with Crippen molar-refractivity contribution < 1.29 is 23.5 Å². The molecule has 2 atom stereocenters. The number of rotatable bonds is 3. The Hall–Kier alpha value is -2.15. The third-order valence-electron chi connectivity index (χ3n) is 4.46. The van der Waals surface area contributed by atoms with Gasteiger partial charge in [-0.05, 0) is 12.1 Å². The van der Waals surface area contributed by atoms with Crippen LogP contribution in [0.25, 0.3) is 0 Å². The highest BCUT2D eigenvalue weighted by molar-refractivity contribution is 6.00. The molecule has 2 amide bonds. The first-order valence-electron chi connectivity index (χ1n) is 8.06. The molecule has 2 fully saturated rings. The van der Waals surface area contributed by atoms with Crippen LogP contribution in [0, 0.1) is 0 Å². The average molecular weight is 336 g/mol. The topological polar surface area (TPSA) is 59.1 Å². The van der Waals surface area contributed by atoms with Gasteiger partial charge < -0.3 is 19.3 Å². The van der Waals surface area contributed by atoms with Crippen LogP contribution < -0.4 is 4.74 Å². The van der Waals surface area contributed by atoms with Crippen LogP contribution in [0.4, 0.5) is 4.39 Å². The number of benzene rings is 1. The van der Waals surface area contributed by atoms with Crippen molar-refractivity contribution in [3.05, 3.63) is 29.8 Å². The van der Waals surface area contributed by atoms with Gasteiger partial charge in [0.15, 0.2) is 0 Å². The fourth-order valence-corrected chi connectivity index (χ4v) is 3.21. The third-order valence-corrected chi connectivity index (χ3v) is 4.46. The first-order chi connectivity index (χ1) is 11.6. The van der Waals surface area contributed by atoms with Crippen LogP contribution in [0.3, 0.4) is 0 Å². The van der Waals surface area contributed by atoms with Crippen molar-refractivity contribution in [2.75, 3.05) is 40.0 Å². The molecule has 1 aromatic rings. The minimum absolute atomic E-state index is 0.0388. The van der Waals surface area contributed by atoms with Crippen LogP contribution in [0.2, 0.25) is 0 Å². The van der Waals surface area contributed by atoms with Gasteiger partial charge in [0.1, 0.15) is 18.0 Å². The molecule has 0 radical (unpaired) electrons. The van der Waals surface area contributed by atoms with Gasteiger partial charge in [0.05, 0.1) is 32.4 Å². The van der Waals surface area contributed by atoms with E-state index < -0.39 is 12.2 Å². The van der Waals surface area contributed by atoms with Crippen molar-refractivity contribution in [1.29, 1.82) is 0 Å². The molecule has 0 bridgehead atoms. The number of alkyl halides is 1. The number of morpholine rings is 1. The predicted molar refractivity (Wildman–Crippen MR) is 84.7 cm³/mol. The molecule has 0 saturated carbocycles. The first-order valence-corrected chi connectivity index (χ1v) is 8.06. The Labute approximate surface area is 140 Å². The Bertz CT molecular complexity index is 618. The normalized spacial score (nSPS) is 24.1. The van der Waals surface area contributed by atoms with Crippen LogP contribution in [-0.2, 0) is 9.53 Å². The van der Waals surface area contributed by atoms with Gasteiger partial charge >= 0.3 is 0 Å². The second-order valence-corrected chi connectivity index (χ2v) is 5.94. The highest BCUT2D eigenvalue weighted by Gasteiger charge is 2.42. The minimum Gasteiger partial charge on any atom is -0.496 e. The Balaban J connectivity index is 1.82. The molecule has 2 saturated heterocycles. The summed E-state index contributed by atoms with van der Waals surface area (Å²) in [5.74, 6) is -0.164. The van der Waals surface area contributed by atoms with E-state index in [9.17, 15) is 14.0 Å². The van der Waals surface area contributed by atoms with E-state index in [1.165, 1.54) is 12.0 Å². The fourth-order valence-electron chi connectivity index (χ4n) is 3.21. The lowest BCUT2D eigenvalue weighted by Gasteiger charge is -2.32. The number of likely N-dealkylation sites (tertiary alicyclic amines) is 1. The molecule has 0 aromatic heterocycles. The van der Waals surface area contributed by atoms with E-state index in [0.717, 1.165) is 0 Å². The van der Waals surface area contributed by atoms with Gasteiger partial charge in [0, 0.05) is 19.5 Å². The lowest BCUT2D eigenvalue weighted by molar-refractivity contribution is -0.139. The zero-order valence-corrected chi connectivity index (χ0v) is 13.6. The van der Waals surface area contributed by atoms with E-state index in [1.54, 1.807) is 29.2 Å². The smallest absolute Gasteiger partial charge is 0.258 e. The number of carbonyl (C=O) groups excluding carboxylic acids is 2. The Morgan fingerprint density at radius 1 is 1.25 bits per heavy atom. The molecule has 6 nitrogen and oxygen atoms in total. The summed E-state index contributed by atoms with van der Waals surface area (Å²) in [4.78, 5) is 28.6. The third kappa shape index (κ3) is 3.21. The standard InChI is InChI=1S/C17H21FN2O4/c1-23-15-5-3-2-4-13(15)16(21)20-11-12(18)10-14(20)17(22)19-6-8-24-9-7-19/h2-5,12,14H,6-11H2,1H3/t12-,14-/m0/s1. The zero-order chi connectivity index (χ0) is 17.1. The first kappa shape index (κ1) is 16.7. The maximum atomic E-state index is 14.0. The molecule has 24 heavy (non-hydrogen) atoms. The molecule has 0 aliphatic carbocycles. The molecule has 2 aliphatic rings. The zero-order valence-electron chi connectivity index (χ0n) is 13.6. The molecule has 0 unspecified atom stereocenters. The van der Waals surface area contributed by atoms with Crippen LogP contribution in [0.15, 0.2) is 24.3 Å². The number of hydrogen-bond acceptors (Lipinski definition) is 4. The molecule has 0 spiro atoms. The summed E-state index contributed by atoms with van der Waals surface area (Å²) in [5.41, 5.74) is 0.342. The summed E-state index contributed by atoms with van der Waals surface area (Å²) < 4.78 is 24.4. The van der Waals surface area contributed by atoms with Crippen molar-refractivity contribution in [3.63, 3.8) is 0 Å². The van der Waals surface area contributed by atoms with Crippen molar-refractivity contribution >= 4 is 11.8 Å². The van der Waals surface area contributed by atoms with Crippen molar-refractivity contribution in [1.82, 2.24) is 9.80 Å². The van der Waals surface area contributed by atoms with E-state index >= 15 is 0 Å². The van der Waals surface area contributed by atoms with Gasteiger partial charge in [-0.25, -0.2) is 4.39 Å². The summed E-state index contributed by atoms with van der Waals surface area (Å²) in [7, 11) is 1.48. The molecule has 1 aromatic carbocycles. The van der Waals surface area contributed by atoms with E-state index in [-0.39, 0.29) is 24.8 Å². The minimum atomic E-state index is -1.20. The highest BCUT2D eigenvalue weighted by Crippen LogP contribution is 2.27. The SMILES string of the molecule is COc1ccccc1C(=O)N1C[C@@H](F)C[C@H]1C(=O)N1CCOCC1. The van der Waals surface area contributed by atoms with Crippen LogP contribution in [-0.4, -0.2) is 73.8 Å². The molecule has 7 heteroatoms. The maximum Gasteiger partial charge on any atom is 0.258 e. The Morgan fingerprint density at radius 2 is 1.96 bits per heavy atom. The van der Waals surface area contributed by atoms with Crippen molar-refractivity contribution in [3.8, 4) is 5.75 Å². The molecular formula is C17H21FN2O4. The number of hydrogen-bond donors (Lipinski definition) is 0. The lowest BCUT2D eigenvalue weighted by atomic mass is 10.1. The second-order valence-electron chi connectivity index (χ2n) is 5.94. The lowest BCUT2D eigenvalue weighted by Crippen LogP contribution is -2.51. The number of carbonyl (C=O) groups is 2. The fraction of sp³-hybridized carbons (Fsp3) is 0.529. The molecule has 2 aliphatic heterocycles. The van der Waals surface area contributed by atoms with Gasteiger partial charge in [0.2, 0.25) is 5.91 Å². The number of ether oxygens (including phenoxy) is 2. The summed E-state index contributed by atoms with van der Waals surface area (Å²) >= 11 is 0. The van der Waals surface area contributed by atoms with Gasteiger partial charge in [-0.1, -0.05) is 12.1 Å². The number of halogens is 1. The van der Waals surface area contributed by atoms with Gasteiger partial charge in [-0.3, -0.25) is 9.59 Å².